The smallest absolute Gasteiger partial charge is 0.260 e. The predicted octanol–water partition coefficient (Wildman–Crippen LogP) is 2.51. The number of ether oxygens (including phenoxy) is 1. The van der Waals surface area contributed by atoms with Crippen molar-refractivity contribution in [2.45, 2.75) is 6.42 Å². The Balaban J connectivity index is 2.52. The molecule has 0 heterocycles. The van der Waals surface area contributed by atoms with Crippen molar-refractivity contribution in [3.63, 3.8) is 0 Å². The van der Waals surface area contributed by atoms with E-state index in [0.29, 0.717) is 33.7 Å². The molecule has 1 aromatic rings. The summed E-state index contributed by atoms with van der Waals surface area (Å²) in [5.74, 6) is 0.106. The van der Waals surface area contributed by atoms with Gasteiger partial charge in [-0.3, -0.25) is 4.79 Å². The predicted molar refractivity (Wildman–Crippen MR) is 81.0 cm³/mol. The molecule has 0 aliphatic carbocycles. The van der Waals surface area contributed by atoms with Gasteiger partial charge in [0.2, 0.25) is 0 Å². The molecule has 0 aromatic heterocycles. The second kappa shape index (κ2) is 7.53. The van der Waals surface area contributed by atoms with Gasteiger partial charge in [-0.15, -0.1) is 0 Å². The Morgan fingerprint density at radius 3 is 2.53 bits per heavy atom. The molecule has 1 aromatic carbocycles. The van der Waals surface area contributed by atoms with Crippen LogP contribution in [-0.2, 0) is 4.79 Å². The molecule has 0 unspecified atom stereocenters. The number of likely N-dealkylation sites (N-methyl/N-ethyl adjacent to an activating group) is 1. The number of rotatable bonds is 6. The Kier molecular flexibility index (Phi) is 6.34. The minimum absolute atomic E-state index is 0.142. The SMILES string of the molecule is CN(CCC(N)=S)C(=O)COc1c(Cl)cccc1Cl. The number of carbonyl (C=O) groups is 1. The number of hydrogen-bond acceptors (Lipinski definition) is 3. The maximum atomic E-state index is 11.8. The van der Waals surface area contributed by atoms with E-state index in [-0.39, 0.29) is 12.5 Å². The van der Waals surface area contributed by atoms with Crippen LogP contribution in [0.2, 0.25) is 10.0 Å². The monoisotopic (exact) mass is 320 g/mol. The highest BCUT2D eigenvalue weighted by Crippen LogP contribution is 2.32. The number of nitrogens with two attached hydrogens (primary N) is 1. The van der Waals surface area contributed by atoms with Crippen LogP contribution >= 0.6 is 35.4 Å². The van der Waals surface area contributed by atoms with Crippen LogP contribution in [0.15, 0.2) is 18.2 Å². The summed E-state index contributed by atoms with van der Waals surface area (Å²) in [4.78, 5) is 13.6. The Morgan fingerprint density at radius 2 is 2.00 bits per heavy atom. The largest absolute Gasteiger partial charge is 0.481 e. The van der Waals surface area contributed by atoms with Crippen LogP contribution in [0.5, 0.6) is 5.75 Å². The Bertz CT molecular complexity index is 463. The van der Waals surface area contributed by atoms with Crippen molar-refractivity contribution in [2.75, 3.05) is 20.2 Å². The molecule has 0 bridgehead atoms. The van der Waals surface area contributed by atoms with Crippen molar-refractivity contribution in [3.8, 4) is 5.75 Å². The van der Waals surface area contributed by atoms with Crippen molar-refractivity contribution < 1.29 is 9.53 Å². The number of para-hydroxylation sites is 1. The number of benzene rings is 1. The molecule has 4 nitrogen and oxygen atoms in total. The number of amides is 1. The lowest BCUT2D eigenvalue weighted by Gasteiger charge is -2.17. The third-order valence-electron chi connectivity index (χ3n) is 2.38. The van der Waals surface area contributed by atoms with Gasteiger partial charge in [-0.1, -0.05) is 41.5 Å². The summed E-state index contributed by atoms with van der Waals surface area (Å²) in [5, 5.41) is 0.733. The number of nitrogens with zero attached hydrogens (tertiary/aromatic N) is 1. The lowest BCUT2D eigenvalue weighted by molar-refractivity contribution is -0.131. The summed E-state index contributed by atoms with van der Waals surface area (Å²) < 4.78 is 5.34. The summed E-state index contributed by atoms with van der Waals surface area (Å²) in [6, 6.07) is 4.99. The Morgan fingerprint density at radius 1 is 1.42 bits per heavy atom. The van der Waals surface area contributed by atoms with Crippen molar-refractivity contribution in [1.29, 1.82) is 0 Å². The van der Waals surface area contributed by atoms with Crippen molar-refractivity contribution in [3.05, 3.63) is 28.2 Å². The molecule has 1 rings (SSSR count). The quantitative estimate of drug-likeness (QED) is 0.818. The molecule has 0 fully saturated rings. The highest BCUT2D eigenvalue weighted by atomic mass is 35.5. The maximum absolute atomic E-state index is 11.8. The van der Waals surface area contributed by atoms with E-state index in [1.54, 1.807) is 25.2 Å². The summed E-state index contributed by atoms with van der Waals surface area (Å²) in [7, 11) is 1.65. The van der Waals surface area contributed by atoms with Gasteiger partial charge < -0.3 is 15.4 Å². The number of halogens is 2. The number of thiocarbonyl (C=S) groups is 1. The fourth-order valence-electron chi connectivity index (χ4n) is 1.27. The van der Waals surface area contributed by atoms with Crippen LogP contribution in [0.25, 0.3) is 0 Å². The zero-order valence-electron chi connectivity index (χ0n) is 10.4. The van der Waals surface area contributed by atoms with E-state index in [4.69, 9.17) is 45.9 Å². The molecule has 104 valence electrons. The zero-order chi connectivity index (χ0) is 14.4. The fourth-order valence-corrected chi connectivity index (χ4v) is 1.86. The normalized spacial score (nSPS) is 10.1. The van der Waals surface area contributed by atoms with Crippen molar-refractivity contribution >= 4 is 46.3 Å². The summed E-state index contributed by atoms with van der Waals surface area (Å²) >= 11 is 16.6. The lowest BCUT2D eigenvalue weighted by atomic mass is 10.3. The summed E-state index contributed by atoms with van der Waals surface area (Å²) in [6.07, 6.45) is 0.477. The zero-order valence-corrected chi connectivity index (χ0v) is 12.7. The van der Waals surface area contributed by atoms with Gasteiger partial charge in [-0.25, -0.2) is 0 Å². The van der Waals surface area contributed by atoms with E-state index in [2.05, 4.69) is 0 Å². The molecule has 0 saturated carbocycles. The first-order valence-electron chi connectivity index (χ1n) is 5.51. The Hall–Kier alpha value is -1.04. The topological polar surface area (TPSA) is 55.6 Å². The first-order chi connectivity index (χ1) is 8.91. The average molecular weight is 321 g/mol. The van der Waals surface area contributed by atoms with Gasteiger partial charge in [0.25, 0.3) is 5.91 Å². The van der Waals surface area contributed by atoms with Gasteiger partial charge in [-0.05, 0) is 12.1 Å². The van der Waals surface area contributed by atoms with E-state index in [0.717, 1.165) is 0 Å². The highest BCUT2D eigenvalue weighted by molar-refractivity contribution is 7.80. The van der Waals surface area contributed by atoms with Gasteiger partial charge in [0.15, 0.2) is 12.4 Å². The van der Waals surface area contributed by atoms with Gasteiger partial charge in [0.1, 0.15) is 0 Å². The molecule has 2 N–H and O–H groups in total. The first-order valence-corrected chi connectivity index (χ1v) is 6.67. The third-order valence-corrected chi connectivity index (χ3v) is 3.18. The average Bonchev–Trinajstić information content (AvgIpc) is 2.35. The summed E-state index contributed by atoms with van der Waals surface area (Å²) in [5.41, 5.74) is 5.37. The minimum atomic E-state index is -0.202. The first kappa shape index (κ1) is 16.0. The van der Waals surface area contributed by atoms with Crippen LogP contribution in [0, 0.1) is 0 Å². The molecule has 0 aliphatic heterocycles. The standard InChI is InChI=1S/C12H14Cl2N2O2S/c1-16(6-5-10(15)19)11(17)7-18-12-8(13)3-2-4-9(12)14/h2-4H,5-7H2,1H3,(H2,15,19). The lowest BCUT2D eigenvalue weighted by Crippen LogP contribution is -2.33. The van der Waals surface area contributed by atoms with E-state index in [9.17, 15) is 4.79 Å². The number of hydrogen-bond donors (Lipinski definition) is 1. The fraction of sp³-hybridized carbons (Fsp3) is 0.333. The van der Waals surface area contributed by atoms with Gasteiger partial charge in [0.05, 0.1) is 15.0 Å². The molecule has 7 heteroatoms. The highest BCUT2D eigenvalue weighted by Gasteiger charge is 2.12. The van der Waals surface area contributed by atoms with E-state index in [1.165, 1.54) is 4.90 Å². The van der Waals surface area contributed by atoms with Crippen LogP contribution in [-0.4, -0.2) is 36.0 Å². The molecule has 0 saturated heterocycles. The van der Waals surface area contributed by atoms with Gasteiger partial charge in [0, 0.05) is 20.0 Å². The maximum Gasteiger partial charge on any atom is 0.260 e. The van der Waals surface area contributed by atoms with Crippen LogP contribution in [0.1, 0.15) is 6.42 Å². The molecule has 1 amide bonds. The van der Waals surface area contributed by atoms with E-state index < -0.39 is 0 Å². The molecular formula is C12H14Cl2N2O2S. The molecule has 0 radical (unpaired) electrons. The van der Waals surface area contributed by atoms with E-state index >= 15 is 0 Å². The van der Waals surface area contributed by atoms with Gasteiger partial charge >= 0.3 is 0 Å². The molecule has 19 heavy (non-hydrogen) atoms. The molecule has 0 atom stereocenters. The third kappa shape index (κ3) is 5.22. The number of carbonyl (C=O) groups excluding carboxylic acids is 1. The second-order valence-corrected chi connectivity index (χ2v) is 5.21. The summed E-state index contributed by atoms with van der Waals surface area (Å²) in [6.45, 7) is 0.311. The molecular weight excluding hydrogens is 307 g/mol. The molecule has 0 spiro atoms. The minimum Gasteiger partial charge on any atom is -0.481 e. The van der Waals surface area contributed by atoms with Gasteiger partial charge in [-0.2, -0.15) is 0 Å². The second-order valence-electron chi connectivity index (χ2n) is 3.87. The van der Waals surface area contributed by atoms with Crippen LogP contribution < -0.4 is 10.5 Å². The molecule has 0 aliphatic rings. The van der Waals surface area contributed by atoms with Crippen LogP contribution in [0.3, 0.4) is 0 Å². The van der Waals surface area contributed by atoms with Crippen molar-refractivity contribution in [2.24, 2.45) is 5.73 Å². The van der Waals surface area contributed by atoms with E-state index in [1.807, 2.05) is 0 Å². The Labute approximate surface area is 127 Å². The van der Waals surface area contributed by atoms with Crippen molar-refractivity contribution in [1.82, 2.24) is 4.90 Å². The van der Waals surface area contributed by atoms with Crippen LogP contribution in [0.4, 0.5) is 0 Å².